The molecule has 0 amide bonds. The molecule has 0 saturated carbocycles. The lowest BCUT2D eigenvalue weighted by atomic mass is 10.1. The first-order chi connectivity index (χ1) is 7.76. The molecule has 0 aliphatic carbocycles. The summed E-state index contributed by atoms with van der Waals surface area (Å²) in [5, 5.41) is 0. The van der Waals surface area contributed by atoms with Gasteiger partial charge in [0.15, 0.2) is 5.78 Å². The maximum absolute atomic E-state index is 11.1. The van der Waals surface area contributed by atoms with Crippen molar-refractivity contribution in [2.45, 2.75) is 39.5 Å². The molecule has 2 nitrogen and oxygen atoms in total. The summed E-state index contributed by atoms with van der Waals surface area (Å²) in [6.45, 7) is 4.22. The number of rotatable bonds is 7. The highest BCUT2D eigenvalue weighted by Crippen LogP contribution is 2.15. The van der Waals surface area contributed by atoms with Crippen molar-refractivity contribution >= 4 is 5.78 Å². The third-order valence-electron chi connectivity index (χ3n) is 2.51. The number of ether oxygens (including phenoxy) is 1. The Hall–Kier alpha value is -1.31. The maximum Gasteiger partial charge on any atom is 0.169 e. The molecule has 0 atom stereocenters. The molecular weight excluding hydrogens is 200 g/mol. The van der Waals surface area contributed by atoms with Crippen LogP contribution < -0.4 is 4.74 Å². The number of aryl methyl sites for hydroxylation is 1. The van der Waals surface area contributed by atoms with Crippen LogP contribution in [0, 0.1) is 0 Å². The first-order valence-electron chi connectivity index (χ1n) is 5.99. The van der Waals surface area contributed by atoms with Crippen molar-refractivity contribution in [3.05, 3.63) is 29.8 Å². The zero-order chi connectivity index (χ0) is 11.8. The Balaban J connectivity index is 2.50. The number of hydrogen-bond acceptors (Lipinski definition) is 2. The topological polar surface area (TPSA) is 26.3 Å². The summed E-state index contributed by atoms with van der Waals surface area (Å²) in [6.07, 6.45) is 4.00. The van der Waals surface area contributed by atoms with Crippen LogP contribution >= 0.6 is 0 Å². The summed E-state index contributed by atoms with van der Waals surface area (Å²) in [4.78, 5) is 11.1. The van der Waals surface area contributed by atoms with Crippen molar-refractivity contribution < 1.29 is 9.53 Å². The molecule has 0 aliphatic heterocycles. The Morgan fingerprint density at radius 1 is 1.31 bits per heavy atom. The molecule has 88 valence electrons. The predicted octanol–water partition coefficient (Wildman–Crippen LogP) is 3.39. The summed E-state index contributed by atoms with van der Waals surface area (Å²) < 4.78 is 5.43. The smallest absolute Gasteiger partial charge is 0.169 e. The fraction of sp³-hybridized carbons (Fsp3) is 0.500. The predicted molar refractivity (Wildman–Crippen MR) is 65.8 cm³/mol. The number of carbonyl (C=O) groups is 1. The normalized spacial score (nSPS) is 10.1. The molecule has 0 heterocycles. The van der Waals surface area contributed by atoms with Gasteiger partial charge in [0.2, 0.25) is 0 Å². The van der Waals surface area contributed by atoms with E-state index in [0.29, 0.717) is 6.42 Å². The molecule has 0 N–H and O–H groups in total. The molecule has 0 aliphatic rings. The second kappa shape index (κ2) is 7.04. The number of hydrogen-bond donors (Lipinski definition) is 0. The van der Waals surface area contributed by atoms with E-state index in [4.69, 9.17) is 4.74 Å². The van der Waals surface area contributed by atoms with Gasteiger partial charge in [-0.15, -0.1) is 0 Å². The van der Waals surface area contributed by atoms with Crippen molar-refractivity contribution in [2.24, 2.45) is 0 Å². The van der Waals surface area contributed by atoms with Gasteiger partial charge in [-0.05, 0) is 30.5 Å². The molecule has 0 aromatic heterocycles. The first kappa shape index (κ1) is 12.8. The van der Waals surface area contributed by atoms with Crippen LogP contribution in [0.3, 0.4) is 0 Å². The number of Topliss-reactive ketones (excluding diaryl/α,β-unsaturated/α-hetero) is 1. The Kier molecular flexibility index (Phi) is 5.62. The van der Waals surface area contributed by atoms with Crippen LogP contribution in [0.25, 0.3) is 0 Å². The van der Waals surface area contributed by atoms with E-state index in [1.165, 1.54) is 18.4 Å². The first-order valence-corrected chi connectivity index (χ1v) is 5.99. The van der Waals surface area contributed by atoms with E-state index in [1.807, 2.05) is 25.1 Å². The van der Waals surface area contributed by atoms with Crippen LogP contribution in [0.15, 0.2) is 24.3 Å². The summed E-state index contributed by atoms with van der Waals surface area (Å²) >= 11 is 0. The van der Waals surface area contributed by atoms with Crippen LogP contribution in [0.4, 0.5) is 0 Å². The molecule has 2 heteroatoms. The second-order valence-corrected chi connectivity index (χ2v) is 3.93. The number of ketones is 1. The van der Waals surface area contributed by atoms with Crippen molar-refractivity contribution in [1.82, 2.24) is 0 Å². The molecule has 1 aromatic rings. The van der Waals surface area contributed by atoms with Gasteiger partial charge in [-0.2, -0.15) is 0 Å². The van der Waals surface area contributed by atoms with Gasteiger partial charge in [-0.1, -0.05) is 32.4 Å². The van der Waals surface area contributed by atoms with Gasteiger partial charge in [-0.3, -0.25) is 4.79 Å². The fourth-order valence-corrected chi connectivity index (χ4v) is 1.44. The fourth-order valence-electron chi connectivity index (χ4n) is 1.44. The van der Waals surface area contributed by atoms with Crippen LogP contribution in [-0.2, 0) is 11.2 Å². The number of carbonyl (C=O) groups excluding carboxylic acids is 1. The quantitative estimate of drug-likeness (QED) is 0.704. The van der Waals surface area contributed by atoms with Gasteiger partial charge < -0.3 is 4.74 Å². The zero-order valence-corrected chi connectivity index (χ0v) is 10.2. The van der Waals surface area contributed by atoms with Crippen LogP contribution in [-0.4, -0.2) is 12.4 Å². The van der Waals surface area contributed by atoms with Gasteiger partial charge in [-0.25, -0.2) is 0 Å². The van der Waals surface area contributed by atoms with Crippen LogP contribution in [0.5, 0.6) is 5.75 Å². The van der Waals surface area contributed by atoms with Gasteiger partial charge in [0, 0.05) is 6.42 Å². The van der Waals surface area contributed by atoms with Gasteiger partial charge in [0.25, 0.3) is 0 Å². The minimum atomic E-state index is 0.138. The van der Waals surface area contributed by atoms with E-state index in [2.05, 4.69) is 13.0 Å². The SMILES string of the molecule is CCCCc1cccc(OCC(=O)CC)c1. The molecule has 0 spiro atoms. The Morgan fingerprint density at radius 2 is 2.12 bits per heavy atom. The highest BCUT2D eigenvalue weighted by molar-refractivity contribution is 5.79. The standard InChI is InChI=1S/C14H20O2/c1-3-5-7-12-8-6-9-14(10-12)16-11-13(15)4-2/h6,8-10H,3-5,7,11H2,1-2H3. The molecular formula is C14H20O2. The van der Waals surface area contributed by atoms with E-state index in [1.54, 1.807) is 0 Å². The summed E-state index contributed by atoms with van der Waals surface area (Å²) in [7, 11) is 0. The zero-order valence-electron chi connectivity index (χ0n) is 10.2. The van der Waals surface area contributed by atoms with Crippen LogP contribution in [0.1, 0.15) is 38.7 Å². The summed E-state index contributed by atoms with van der Waals surface area (Å²) in [5.41, 5.74) is 1.28. The molecule has 0 bridgehead atoms. The molecule has 1 aromatic carbocycles. The average molecular weight is 220 g/mol. The van der Waals surface area contributed by atoms with Crippen molar-refractivity contribution in [3.8, 4) is 5.75 Å². The van der Waals surface area contributed by atoms with Crippen molar-refractivity contribution in [1.29, 1.82) is 0 Å². The second-order valence-electron chi connectivity index (χ2n) is 3.93. The Bertz CT molecular complexity index is 331. The summed E-state index contributed by atoms with van der Waals surface area (Å²) in [6, 6.07) is 8.01. The van der Waals surface area contributed by atoms with E-state index >= 15 is 0 Å². The number of unbranched alkanes of at least 4 members (excludes halogenated alkanes) is 1. The maximum atomic E-state index is 11.1. The number of benzene rings is 1. The van der Waals surface area contributed by atoms with E-state index in [0.717, 1.165) is 12.2 Å². The van der Waals surface area contributed by atoms with E-state index < -0.39 is 0 Å². The average Bonchev–Trinajstić information content (AvgIpc) is 2.34. The minimum absolute atomic E-state index is 0.138. The van der Waals surface area contributed by atoms with Crippen molar-refractivity contribution in [2.75, 3.05) is 6.61 Å². The van der Waals surface area contributed by atoms with Gasteiger partial charge in [0.1, 0.15) is 12.4 Å². The Labute approximate surface area is 97.6 Å². The lowest BCUT2D eigenvalue weighted by Crippen LogP contribution is -2.09. The van der Waals surface area contributed by atoms with Gasteiger partial charge in [0.05, 0.1) is 0 Å². The third kappa shape index (κ3) is 4.47. The molecule has 1 rings (SSSR count). The minimum Gasteiger partial charge on any atom is -0.486 e. The molecule has 16 heavy (non-hydrogen) atoms. The highest BCUT2D eigenvalue weighted by Gasteiger charge is 2.00. The summed E-state index contributed by atoms with van der Waals surface area (Å²) in [5.74, 6) is 0.939. The largest absolute Gasteiger partial charge is 0.486 e. The lowest BCUT2D eigenvalue weighted by Gasteiger charge is -2.06. The van der Waals surface area contributed by atoms with Gasteiger partial charge >= 0.3 is 0 Å². The molecule has 0 fully saturated rings. The van der Waals surface area contributed by atoms with Crippen LogP contribution in [0.2, 0.25) is 0 Å². The van der Waals surface area contributed by atoms with E-state index in [-0.39, 0.29) is 12.4 Å². The highest BCUT2D eigenvalue weighted by atomic mass is 16.5. The Morgan fingerprint density at radius 3 is 2.81 bits per heavy atom. The van der Waals surface area contributed by atoms with E-state index in [9.17, 15) is 4.79 Å². The lowest BCUT2D eigenvalue weighted by molar-refractivity contribution is -0.120. The third-order valence-corrected chi connectivity index (χ3v) is 2.51. The molecule has 0 unspecified atom stereocenters. The monoisotopic (exact) mass is 220 g/mol. The molecule has 0 radical (unpaired) electrons. The molecule has 0 saturated heterocycles. The van der Waals surface area contributed by atoms with Crippen molar-refractivity contribution in [3.63, 3.8) is 0 Å².